The van der Waals surface area contributed by atoms with Crippen LogP contribution in [0.5, 0.6) is 5.75 Å². The maximum absolute atomic E-state index is 13.4. The van der Waals surface area contributed by atoms with E-state index in [0.29, 0.717) is 18.7 Å². The maximum Gasteiger partial charge on any atom is 0.291 e. The maximum atomic E-state index is 13.4. The van der Waals surface area contributed by atoms with Gasteiger partial charge in [-0.15, -0.1) is 0 Å². The van der Waals surface area contributed by atoms with E-state index in [0.717, 1.165) is 72.9 Å². The highest BCUT2D eigenvalue weighted by molar-refractivity contribution is 5.97. The molecule has 4 heterocycles. The molecule has 33 heavy (non-hydrogen) atoms. The molecule has 0 unspecified atom stereocenters. The van der Waals surface area contributed by atoms with Crippen molar-refractivity contribution in [1.82, 2.24) is 19.9 Å². The molecule has 2 fully saturated rings. The Hall–Kier alpha value is -3.42. The van der Waals surface area contributed by atoms with E-state index in [4.69, 9.17) is 9.72 Å². The quantitative estimate of drug-likeness (QED) is 0.609. The summed E-state index contributed by atoms with van der Waals surface area (Å²) in [6.07, 6.45) is 2.28. The molecule has 2 aromatic heterocycles. The number of nitrogens with zero attached hydrogens (tertiary/aromatic N) is 6. The first kappa shape index (κ1) is 21.4. The second-order valence-corrected chi connectivity index (χ2v) is 8.82. The summed E-state index contributed by atoms with van der Waals surface area (Å²) >= 11 is 0. The number of hydrogen-bond acceptors (Lipinski definition) is 7. The zero-order chi connectivity index (χ0) is 22.9. The zero-order valence-corrected chi connectivity index (χ0v) is 19.5. The standard InChI is InChI=1S/C25H30N6O2/c1-17-16-18(2)26-22-21(17)24(30-10-4-5-11-30)28-23(27-22)25(32)31-14-12-29(13-15-31)19-6-8-20(33-3)9-7-19/h6-9,16H,4-5,10-15H2,1-3H3. The van der Waals surface area contributed by atoms with E-state index in [-0.39, 0.29) is 11.7 Å². The minimum Gasteiger partial charge on any atom is -0.497 e. The Kier molecular flexibility index (Phi) is 5.74. The average Bonchev–Trinajstić information content (AvgIpc) is 3.38. The van der Waals surface area contributed by atoms with Crippen LogP contribution in [0.15, 0.2) is 30.3 Å². The molecule has 8 heteroatoms. The number of rotatable bonds is 4. The molecule has 0 spiro atoms. The lowest BCUT2D eigenvalue weighted by atomic mass is 10.1. The Morgan fingerprint density at radius 1 is 0.879 bits per heavy atom. The van der Waals surface area contributed by atoms with Crippen molar-refractivity contribution in [1.29, 1.82) is 0 Å². The molecule has 1 amide bonds. The number of aryl methyl sites for hydroxylation is 2. The van der Waals surface area contributed by atoms with Crippen molar-refractivity contribution >= 4 is 28.4 Å². The Labute approximate surface area is 194 Å². The molecule has 172 valence electrons. The molecule has 0 radical (unpaired) electrons. The van der Waals surface area contributed by atoms with Gasteiger partial charge in [-0.1, -0.05) is 0 Å². The minimum atomic E-state index is -0.118. The molecule has 0 bridgehead atoms. The highest BCUT2D eigenvalue weighted by atomic mass is 16.5. The lowest BCUT2D eigenvalue weighted by Gasteiger charge is -2.36. The predicted octanol–water partition coefficient (Wildman–Crippen LogP) is 3.21. The molecule has 8 nitrogen and oxygen atoms in total. The molecular formula is C25H30N6O2. The van der Waals surface area contributed by atoms with Gasteiger partial charge in [-0.2, -0.15) is 0 Å². The number of benzene rings is 1. The summed E-state index contributed by atoms with van der Waals surface area (Å²) in [4.78, 5) is 33.9. The van der Waals surface area contributed by atoms with Crippen molar-refractivity contribution in [3.8, 4) is 5.75 Å². The van der Waals surface area contributed by atoms with Crippen LogP contribution in [-0.4, -0.2) is 72.1 Å². The number of hydrogen-bond donors (Lipinski definition) is 0. The topological polar surface area (TPSA) is 74.7 Å². The van der Waals surface area contributed by atoms with Crippen LogP contribution in [0, 0.1) is 13.8 Å². The van der Waals surface area contributed by atoms with Crippen molar-refractivity contribution in [2.45, 2.75) is 26.7 Å². The van der Waals surface area contributed by atoms with Gasteiger partial charge in [0.1, 0.15) is 11.6 Å². The normalized spacial score (nSPS) is 16.5. The Balaban J connectivity index is 1.39. The summed E-state index contributed by atoms with van der Waals surface area (Å²) in [5, 5.41) is 0.961. The summed E-state index contributed by atoms with van der Waals surface area (Å²) in [5.74, 6) is 1.82. The van der Waals surface area contributed by atoms with Crippen LogP contribution in [0.1, 0.15) is 34.7 Å². The molecule has 2 saturated heterocycles. The van der Waals surface area contributed by atoms with Gasteiger partial charge < -0.3 is 19.4 Å². The first-order valence-electron chi connectivity index (χ1n) is 11.6. The number of methoxy groups -OCH3 is 1. The van der Waals surface area contributed by atoms with E-state index in [1.54, 1.807) is 7.11 Å². The summed E-state index contributed by atoms with van der Waals surface area (Å²) in [6, 6.07) is 10.1. The zero-order valence-electron chi connectivity index (χ0n) is 19.5. The smallest absolute Gasteiger partial charge is 0.291 e. The number of carbonyl (C=O) groups is 1. The van der Waals surface area contributed by atoms with Crippen molar-refractivity contribution in [3.05, 3.63) is 47.4 Å². The SMILES string of the molecule is COc1ccc(N2CCN(C(=O)c3nc(N4CCCC4)c4c(C)cc(C)nc4n3)CC2)cc1. The largest absolute Gasteiger partial charge is 0.497 e. The predicted molar refractivity (Wildman–Crippen MR) is 129 cm³/mol. The van der Waals surface area contributed by atoms with Crippen LogP contribution in [0.2, 0.25) is 0 Å². The summed E-state index contributed by atoms with van der Waals surface area (Å²) in [5.41, 5.74) is 3.75. The van der Waals surface area contributed by atoms with Crippen molar-refractivity contribution in [2.24, 2.45) is 0 Å². The Morgan fingerprint density at radius 3 is 2.24 bits per heavy atom. The van der Waals surface area contributed by atoms with Gasteiger partial charge in [-0.25, -0.2) is 15.0 Å². The van der Waals surface area contributed by atoms with Crippen LogP contribution < -0.4 is 14.5 Å². The average molecular weight is 447 g/mol. The Bertz CT molecular complexity index is 1170. The minimum absolute atomic E-state index is 0.118. The van der Waals surface area contributed by atoms with Crippen LogP contribution in [0.3, 0.4) is 0 Å². The molecule has 0 aliphatic carbocycles. The third kappa shape index (κ3) is 4.17. The monoisotopic (exact) mass is 446 g/mol. The van der Waals surface area contributed by atoms with Crippen LogP contribution in [-0.2, 0) is 0 Å². The molecule has 1 aromatic carbocycles. The van der Waals surface area contributed by atoms with E-state index in [9.17, 15) is 4.79 Å². The van der Waals surface area contributed by atoms with Gasteiger partial charge in [0, 0.05) is 50.6 Å². The van der Waals surface area contributed by atoms with E-state index in [2.05, 4.69) is 44.9 Å². The van der Waals surface area contributed by atoms with E-state index in [1.165, 1.54) is 0 Å². The molecule has 5 rings (SSSR count). The molecular weight excluding hydrogens is 416 g/mol. The first-order chi connectivity index (χ1) is 16.0. The van der Waals surface area contributed by atoms with Crippen molar-refractivity contribution in [2.75, 3.05) is 56.2 Å². The number of carbonyl (C=O) groups excluding carboxylic acids is 1. The molecule has 0 N–H and O–H groups in total. The van der Waals surface area contributed by atoms with Gasteiger partial charge >= 0.3 is 0 Å². The molecule has 2 aliphatic rings. The number of amides is 1. The Morgan fingerprint density at radius 2 is 1.58 bits per heavy atom. The fraction of sp³-hybridized carbons (Fsp3) is 0.440. The van der Waals surface area contributed by atoms with E-state index < -0.39 is 0 Å². The summed E-state index contributed by atoms with van der Waals surface area (Å²) in [6.45, 7) is 8.73. The lowest BCUT2D eigenvalue weighted by Crippen LogP contribution is -2.49. The van der Waals surface area contributed by atoms with Gasteiger partial charge in [0.05, 0.1) is 12.5 Å². The second-order valence-electron chi connectivity index (χ2n) is 8.82. The van der Waals surface area contributed by atoms with Gasteiger partial charge in [0.2, 0.25) is 5.82 Å². The van der Waals surface area contributed by atoms with E-state index >= 15 is 0 Å². The third-order valence-electron chi connectivity index (χ3n) is 6.57. The number of piperazine rings is 1. The van der Waals surface area contributed by atoms with Gasteiger partial charge in [-0.3, -0.25) is 4.79 Å². The fourth-order valence-corrected chi connectivity index (χ4v) is 4.81. The van der Waals surface area contributed by atoms with Crippen molar-refractivity contribution < 1.29 is 9.53 Å². The van der Waals surface area contributed by atoms with Gasteiger partial charge in [0.15, 0.2) is 5.65 Å². The van der Waals surface area contributed by atoms with Crippen LogP contribution in [0.25, 0.3) is 11.0 Å². The molecule has 0 atom stereocenters. The summed E-state index contributed by atoms with van der Waals surface area (Å²) in [7, 11) is 1.67. The first-order valence-corrected chi connectivity index (χ1v) is 11.6. The highest BCUT2D eigenvalue weighted by Gasteiger charge is 2.27. The van der Waals surface area contributed by atoms with Gasteiger partial charge in [0.25, 0.3) is 5.91 Å². The number of fused-ring (bicyclic) bond motifs is 1. The fourth-order valence-electron chi connectivity index (χ4n) is 4.81. The van der Waals surface area contributed by atoms with E-state index in [1.807, 2.05) is 24.0 Å². The second kappa shape index (κ2) is 8.84. The third-order valence-corrected chi connectivity index (χ3v) is 6.57. The van der Waals surface area contributed by atoms with Crippen molar-refractivity contribution in [3.63, 3.8) is 0 Å². The lowest BCUT2D eigenvalue weighted by molar-refractivity contribution is 0.0735. The number of pyridine rings is 1. The molecule has 3 aromatic rings. The van der Waals surface area contributed by atoms with Crippen LogP contribution in [0.4, 0.5) is 11.5 Å². The molecule has 0 saturated carbocycles. The number of ether oxygens (including phenoxy) is 1. The summed E-state index contributed by atoms with van der Waals surface area (Å²) < 4.78 is 5.25. The van der Waals surface area contributed by atoms with Gasteiger partial charge in [-0.05, 0) is 62.6 Å². The number of anilines is 2. The van der Waals surface area contributed by atoms with Crippen LogP contribution >= 0.6 is 0 Å². The molecule has 2 aliphatic heterocycles. The highest BCUT2D eigenvalue weighted by Crippen LogP contribution is 2.29. The number of aromatic nitrogens is 3.